The van der Waals surface area contributed by atoms with E-state index in [9.17, 15) is 4.79 Å². The molecule has 0 aliphatic carbocycles. The minimum Gasteiger partial charge on any atom is -0.420 e. The first-order valence-electron chi connectivity index (χ1n) is 12.5. The summed E-state index contributed by atoms with van der Waals surface area (Å²) in [6.07, 6.45) is 4.01. The van der Waals surface area contributed by atoms with Gasteiger partial charge in [0.2, 0.25) is 17.0 Å². The smallest absolute Gasteiger partial charge is 0.263 e. The van der Waals surface area contributed by atoms with Crippen molar-refractivity contribution in [1.82, 2.24) is 25.2 Å². The molecule has 2 bridgehead atoms. The van der Waals surface area contributed by atoms with Crippen molar-refractivity contribution in [3.05, 3.63) is 46.2 Å². The zero-order valence-corrected chi connectivity index (χ0v) is 21.7. The highest BCUT2D eigenvalue weighted by Gasteiger charge is 2.37. The van der Waals surface area contributed by atoms with Crippen molar-refractivity contribution in [3.63, 3.8) is 0 Å². The Morgan fingerprint density at radius 2 is 2.03 bits per heavy atom. The van der Waals surface area contributed by atoms with Crippen molar-refractivity contribution in [1.29, 1.82) is 0 Å². The molecule has 1 amide bonds. The first kappa shape index (κ1) is 23.1. The van der Waals surface area contributed by atoms with Crippen LogP contribution in [-0.2, 0) is 11.3 Å². The van der Waals surface area contributed by atoms with Gasteiger partial charge < -0.3 is 20.1 Å². The topological polar surface area (TPSA) is 102 Å². The van der Waals surface area contributed by atoms with Crippen LogP contribution in [0.2, 0.25) is 5.28 Å². The lowest BCUT2D eigenvalue weighted by Gasteiger charge is -2.34. The molecule has 3 aliphatic heterocycles. The van der Waals surface area contributed by atoms with Gasteiger partial charge in [-0.2, -0.15) is 4.98 Å². The number of morpholine rings is 1. The lowest BCUT2D eigenvalue weighted by atomic mass is 10.1. The van der Waals surface area contributed by atoms with E-state index >= 15 is 0 Å². The quantitative estimate of drug-likeness (QED) is 0.365. The van der Waals surface area contributed by atoms with Crippen LogP contribution in [0.3, 0.4) is 0 Å². The number of ether oxygens (including phenoxy) is 2. The van der Waals surface area contributed by atoms with Gasteiger partial charge in [0, 0.05) is 64.5 Å². The van der Waals surface area contributed by atoms with Crippen molar-refractivity contribution in [2.75, 3.05) is 25.1 Å². The number of nitrogens with one attached hydrogen (secondary N) is 2. The number of anilines is 1. The number of hydrogen-bond donors (Lipinski definition) is 2. The van der Waals surface area contributed by atoms with Crippen LogP contribution in [0, 0.1) is 0 Å². The number of hydrogen-bond acceptors (Lipinski definition) is 9. The first-order valence-corrected chi connectivity index (χ1v) is 13.7. The summed E-state index contributed by atoms with van der Waals surface area (Å²) in [5.74, 6) is 0.792. The SMILES string of the molecule is C[C@@H]1CNc2c(sc3ccc4nc(Oc5nc(Cl)ncc5CN5C6CC[C@@H]5COC6)ccc4c23)C(=O)N1. The Morgan fingerprint density at radius 3 is 2.86 bits per heavy atom. The highest BCUT2D eigenvalue weighted by Crippen LogP contribution is 2.41. The fourth-order valence-electron chi connectivity index (χ4n) is 5.60. The zero-order valence-electron chi connectivity index (χ0n) is 20.2. The molecular weight excluding hydrogens is 512 g/mol. The van der Waals surface area contributed by atoms with E-state index < -0.39 is 0 Å². The first-order chi connectivity index (χ1) is 18.0. The Hall–Kier alpha value is -3.05. The average Bonchev–Trinajstić information content (AvgIpc) is 3.30. The molecule has 2 fully saturated rings. The van der Waals surface area contributed by atoms with Crippen LogP contribution in [0.1, 0.15) is 35.0 Å². The summed E-state index contributed by atoms with van der Waals surface area (Å²) in [4.78, 5) is 29.3. The molecule has 11 heteroatoms. The van der Waals surface area contributed by atoms with Crippen LogP contribution in [0.15, 0.2) is 30.5 Å². The maximum Gasteiger partial charge on any atom is 0.263 e. The molecule has 3 aromatic heterocycles. The zero-order chi connectivity index (χ0) is 25.1. The summed E-state index contributed by atoms with van der Waals surface area (Å²) < 4.78 is 13.0. The van der Waals surface area contributed by atoms with Crippen LogP contribution < -0.4 is 15.4 Å². The van der Waals surface area contributed by atoms with E-state index in [0.717, 1.165) is 58.3 Å². The number of aromatic nitrogens is 3. The van der Waals surface area contributed by atoms with Crippen molar-refractivity contribution in [2.45, 2.75) is 44.4 Å². The van der Waals surface area contributed by atoms with E-state index in [4.69, 9.17) is 26.1 Å². The van der Waals surface area contributed by atoms with Crippen molar-refractivity contribution < 1.29 is 14.3 Å². The monoisotopic (exact) mass is 536 g/mol. The second kappa shape index (κ2) is 9.05. The van der Waals surface area contributed by atoms with E-state index in [2.05, 4.69) is 25.5 Å². The Kier molecular flexibility index (Phi) is 5.65. The summed E-state index contributed by atoms with van der Waals surface area (Å²) in [7, 11) is 0. The molecular formula is C26H25ClN6O3S. The fourth-order valence-corrected chi connectivity index (χ4v) is 6.82. The molecule has 3 aliphatic rings. The lowest BCUT2D eigenvalue weighted by molar-refractivity contribution is -0.0190. The highest BCUT2D eigenvalue weighted by molar-refractivity contribution is 7.21. The summed E-state index contributed by atoms with van der Waals surface area (Å²) >= 11 is 7.64. The van der Waals surface area contributed by atoms with Crippen molar-refractivity contribution >= 4 is 55.5 Å². The van der Waals surface area contributed by atoms with Crippen LogP contribution in [0.5, 0.6) is 11.8 Å². The molecule has 6 heterocycles. The van der Waals surface area contributed by atoms with Crippen LogP contribution in [0.4, 0.5) is 5.69 Å². The molecule has 7 rings (SSSR count). The summed E-state index contributed by atoms with van der Waals surface area (Å²) in [5, 5.41) is 8.59. The molecule has 190 valence electrons. The minimum absolute atomic E-state index is 0.0448. The molecule has 2 saturated heterocycles. The molecule has 4 aromatic rings. The van der Waals surface area contributed by atoms with Gasteiger partial charge in [-0.25, -0.2) is 9.97 Å². The molecule has 1 aromatic carbocycles. The van der Waals surface area contributed by atoms with Gasteiger partial charge in [0.05, 0.1) is 24.4 Å². The highest BCUT2D eigenvalue weighted by atomic mass is 35.5. The maximum absolute atomic E-state index is 12.7. The van der Waals surface area contributed by atoms with Crippen LogP contribution in [-0.4, -0.2) is 63.6 Å². The molecule has 3 atom stereocenters. The molecule has 9 nitrogen and oxygen atoms in total. The van der Waals surface area contributed by atoms with Gasteiger partial charge in [-0.3, -0.25) is 9.69 Å². The van der Waals surface area contributed by atoms with Crippen molar-refractivity contribution in [2.24, 2.45) is 0 Å². The second-order valence-electron chi connectivity index (χ2n) is 9.88. The summed E-state index contributed by atoms with van der Waals surface area (Å²) in [6.45, 7) is 4.84. The van der Waals surface area contributed by atoms with Crippen LogP contribution in [0.25, 0.3) is 21.0 Å². The third kappa shape index (κ3) is 4.08. The standard InChI is InChI=1S/C26H25ClN6O3S/c1-13-8-28-22-21-17-4-7-20(31-18(17)5-6-19(21)37-23(22)24(34)30-13)36-25-14(9-29-26(27)32-25)10-33-15-2-3-16(33)12-35-11-15/h4-7,9,13,15-16,28H,2-3,8,10-12H2,1H3,(H,30,34)/t13-,15-,16?/m1/s1. The predicted molar refractivity (Wildman–Crippen MR) is 143 cm³/mol. The van der Waals surface area contributed by atoms with Gasteiger partial charge in [-0.15, -0.1) is 11.3 Å². The van der Waals surface area contributed by atoms with E-state index in [-0.39, 0.29) is 17.2 Å². The van der Waals surface area contributed by atoms with Gasteiger partial charge in [0.1, 0.15) is 4.88 Å². The Bertz CT molecular complexity index is 1530. The van der Waals surface area contributed by atoms with Gasteiger partial charge in [0.15, 0.2) is 0 Å². The van der Waals surface area contributed by atoms with E-state index in [1.807, 2.05) is 31.2 Å². The molecule has 0 radical (unpaired) electrons. The second-order valence-corrected chi connectivity index (χ2v) is 11.3. The Labute approximate surface area is 222 Å². The summed E-state index contributed by atoms with van der Waals surface area (Å²) in [6, 6.07) is 8.66. The number of carbonyl (C=O) groups is 1. The lowest BCUT2D eigenvalue weighted by Crippen LogP contribution is -2.45. The Balaban J connectivity index is 1.23. The number of benzene rings is 1. The minimum atomic E-state index is -0.0448. The van der Waals surface area contributed by atoms with Gasteiger partial charge in [-0.1, -0.05) is 0 Å². The van der Waals surface area contributed by atoms with Gasteiger partial charge in [0.25, 0.3) is 5.91 Å². The molecule has 37 heavy (non-hydrogen) atoms. The molecule has 0 spiro atoms. The Morgan fingerprint density at radius 1 is 1.19 bits per heavy atom. The van der Waals surface area contributed by atoms with Gasteiger partial charge >= 0.3 is 0 Å². The number of halogens is 1. The largest absolute Gasteiger partial charge is 0.420 e. The number of thiophene rings is 1. The number of amides is 1. The number of carbonyl (C=O) groups excluding carboxylic acids is 1. The van der Waals surface area contributed by atoms with E-state index in [1.165, 1.54) is 11.3 Å². The van der Waals surface area contributed by atoms with Gasteiger partial charge in [-0.05, 0) is 49.6 Å². The number of fused-ring (bicyclic) bond motifs is 7. The molecule has 2 N–H and O–H groups in total. The fraction of sp³-hybridized carbons (Fsp3) is 0.385. The third-order valence-corrected chi connectivity index (χ3v) is 8.74. The third-order valence-electron chi connectivity index (χ3n) is 7.41. The maximum atomic E-state index is 12.7. The predicted octanol–water partition coefficient (Wildman–Crippen LogP) is 4.59. The molecule has 1 unspecified atom stereocenters. The summed E-state index contributed by atoms with van der Waals surface area (Å²) in [5.41, 5.74) is 2.51. The molecule has 0 saturated carbocycles. The van der Waals surface area contributed by atoms with E-state index in [0.29, 0.717) is 41.8 Å². The normalized spacial score (nSPS) is 23.5. The number of rotatable bonds is 4. The number of pyridine rings is 1. The average molecular weight is 537 g/mol. The van der Waals surface area contributed by atoms with E-state index in [1.54, 1.807) is 6.20 Å². The van der Waals surface area contributed by atoms with Crippen LogP contribution >= 0.6 is 22.9 Å². The number of nitrogens with zero attached hydrogens (tertiary/aromatic N) is 4. The van der Waals surface area contributed by atoms with Crippen molar-refractivity contribution in [3.8, 4) is 11.8 Å².